The zero-order chi connectivity index (χ0) is 22.9. The number of nitrogens with one attached hydrogen (secondary N) is 1. The molecule has 0 fully saturated rings. The highest BCUT2D eigenvalue weighted by atomic mass is 16.5. The van der Waals surface area contributed by atoms with Crippen LogP contribution in [0.1, 0.15) is 16.7 Å². The highest BCUT2D eigenvalue weighted by Crippen LogP contribution is 2.39. The van der Waals surface area contributed by atoms with E-state index in [1.165, 1.54) is 0 Å². The number of hydrogen-bond donors (Lipinski definition) is 1. The number of hydrogen-bond acceptors (Lipinski definition) is 5. The van der Waals surface area contributed by atoms with Crippen molar-refractivity contribution in [1.29, 1.82) is 0 Å². The number of amides is 2. The van der Waals surface area contributed by atoms with Gasteiger partial charge >= 0.3 is 0 Å². The van der Waals surface area contributed by atoms with Gasteiger partial charge in [0.2, 0.25) is 0 Å². The molecule has 5 rings (SSSR count). The van der Waals surface area contributed by atoms with Crippen LogP contribution >= 0.6 is 0 Å². The molecule has 0 aliphatic carbocycles. The lowest BCUT2D eigenvalue weighted by molar-refractivity contribution is -0.122. The molecule has 1 N–H and O–H groups in total. The van der Waals surface area contributed by atoms with E-state index in [9.17, 15) is 9.59 Å². The Hall–Kier alpha value is -3.68. The molecule has 0 unspecified atom stereocenters. The minimum atomic E-state index is -0.421. The van der Waals surface area contributed by atoms with Gasteiger partial charge in [-0.25, -0.2) is 0 Å². The molecule has 7 nitrogen and oxygen atoms in total. The number of ether oxygens (including phenoxy) is 2. The molecular formula is C26H24N2O5. The smallest absolute Gasteiger partial charge is 0.259 e. The Bertz CT molecular complexity index is 1410. The Morgan fingerprint density at radius 2 is 1.61 bits per heavy atom. The van der Waals surface area contributed by atoms with Gasteiger partial charge in [0.15, 0.2) is 0 Å². The molecule has 3 heterocycles. The number of fused-ring (bicyclic) bond motifs is 2. The highest BCUT2D eigenvalue weighted by Gasteiger charge is 2.35. The van der Waals surface area contributed by atoms with Crippen LogP contribution in [-0.2, 0) is 32.0 Å². The minimum Gasteiger partial charge on any atom is -0.464 e. The number of carbonyl (C=O) groups excluding carboxylic acids is 2. The molecule has 2 amide bonds. The monoisotopic (exact) mass is 444 g/mol. The van der Waals surface area contributed by atoms with Crippen LogP contribution < -0.4 is 5.32 Å². The van der Waals surface area contributed by atoms with E-state index in [2.05, 4.69) is 16.0 Å². The van der Waals surface area contributed by atoms with Crippen LogP contribution in [0.3, 0.4) is 0 Å². The normalized spacial score (nSPS) is 14.1. The maximum absolute atomic E-state index is 13.1. The van der Waals surface area contributed by atoms with Crippen LogP contribution in [0.2, 0.25) is 0 Å². The first-order chi connectivity index (χ1) is 16.1. The number of carbonyl (C=O) groups is 2. The third-order valence-corrected chi connectivity index (χ3v) is 6.04. The van der Waals surface area contributed by atoms with Gasteiger partial charge in [-0.1, -0.05) is 36.4 Å². The van der Waals surface area contributed by atoms with Crippen molar-refractivity contribution in [1.82, 2.24) is 9.88 Å². The van der Waals surface area contributed by atoms with Crippen LogP contribution in [0, 0.1) is 0 Å². The molecule has 1 aliphatic heterocycles. The maximum Gasteiger partial charge on any atom is 0.259 e. The summed E-state index contributed by atoms with van der Waals surface area (Å²) in [5.41, 5.74) is 4.79. The van der Waals surface area contributed by atoms with Gasteiger partial charge in [0.1, 0.15) is 5.58 Å². The summed E-state index contributed by atoms with van der Waals surface area (Å²) in [6, 6.07) is 13.5. The average molecular weight is 444 g/mol. The molecule has 0 atom stereocenters. The molecule has 7 heteroatoms. The number of rotatable bonds is 8. The van der Waals surface area contributed by atoms with Crippen molar-refractivity contribution in [2.45, 2.75) is 13.0 Å². The second-order valence-electron chi connectivity index (χ2n) is 7.96. The minimum absolute atomic E-state index is 0.332. The summed E-state index contributed by atoms with van der Waals surface area (Å²) in [6.07, 6.45) is 4.22. The standard InChI is InChI=1S/C26H24N2O5/c1-31-12-10-16-6-5-8-18-19(14-28(24(16)18)11-13-32-2)22-23(26(30)27-25(22)29)20-15-33-21-9-4-3-7-17(20)21/h3-9,14-15H,10-13H2,1-2H3,(H,27,29,30). The van der Waals surface area contributed by atoms with Crippen molar-refractivity contribution in [3.63, 3.8) is 0 Å². The van der Waals surface area contributed by atoms with Crippen LogP contribution in [0.5, 0.6) is 0 Å². The second kappa shape index (κ2) is 8.69. The van der Waals surface area contributed by atoms with Crippen molar-refractivity contribution in [3.05, 3.63) is 71.6 Å². The summed E-state index contributed by atoms with van der Waals surface area (Å²) in [5.74, 6) is -0.830. The maximum atomic E-state index is 13.1. The number of aromatic nitrogens is 1. The Morgan fingerprint density at radius 3 is 2.39 bits per heavy atom. The van der Waals surface area contributed by atoms with E-state index >= 15 is 0 Å². The van der Waals surface area contributed by atoms with Crippen LogP contribution in [0.25, 0.3) is 33.0 Å². The lowest BCUT2D eigenvalue weighted by atomic mass is 9.95. The van der Waals surface area contributed by atoms with Gasteiger partial charge in [-0.15, -0.1) is 0 Å². The largest absolute Gasteiger partial charge is 0.464 e. The molecule has 168 valence electrons. The molecule has 0 radical (unpaired) electrons. The van der Waals surface area contributed by atoms with E-state index in [-0.39, 0.29) is 0 Å². The first-order valence-corrected chi connectivity index (χ1v) is 10.8. The summed E-state index contributed by atoms with van der Waals surface area (Å²) in [6.45, 7) is 1.72. The van der Waals surface area contributed by atoms with Gasteiger partial charge < -0.3 is 18.5 Å². The Labute approximate surface area is 190 Å². The van der Waals surface area contributed by atoms with E-state index in [0.29, 0.717) is 47.6 Å². The SMILES string of the molecule is COCCc1cccc2c(C3=C(c4coc5ccccc45)C(=O)NC3=O)cn(CCOC)c12. The van der Waals surface area contributed by atoms with Crippen molar-refractivity contribution >= 4 is 44.8 Å². The Morgan fingerprint density at radius 1 is 0.879 bits per heavy atom. The number of benzene rings is 2. The van der Waals surface area contributed by atoms with Crippen LogP contribution in [0.15, 0.2) is 59.3 Å². The summed E-state index contributed by atoms with van der Waals surface area (Å²) in [7, 11) is 3.34. The number of para-hydroxylation sites is 2. The zero-order valence-corrected chi connectivity index (χ0v) is 18.5. The summed E-state index contributed by atoms with van der Waals surface area (Å²) in [5, 5.41) is 4.18. The first kappa shape index (κ1) is 21.2. The fourth-order valence-electron chi connectivity index (χ4n) is 4.56. The molecule has 1 aliphatic rings. The summed E-state index contributed by atoms with van der Waals surface area (Å²) in [4.78, 5) is 26.0. The lowest BCUT2D eigenvalue weighted by Gasteiger charge is -2.09. The van der Waals surface area contributed by atoms with Gasteiger partial charge in [-0.3, -0.25) is 14.9 Å². The molecule has 2 aromatic carbocycles. The second-order valence-corrected chi connectivity index (χ2v) is 7.96. The lowest BCUT2D eigenvalue weighted by Crippen LogP contribution is -2.22. The van der Waals surface area contributed by atoms with Crippen LogP contribution in [-0.4, -0.2) is 43.8 Å². The molecular weight excluding hydrogens is 420 g/mol. The number of imide groups is 1. The predicted molar refractivity (Wildman–Crippen MR) is 126 cm³/mol. The number of nitrogens with zero attached hydrogens (tertiary/aromatic N) is 1. The van der Waals surface area contributed by atoms with Gasteiger partial charge in [0.05, 0.1) is 36.1 Å². The third kappa shape index (κ3) is 3.55. The van der Waals surface area contributed by atoms with Crippen molar-refractivity contribution < 1.29 is 23.5 Å². The van der Waals surface area contributed by atoms with E-state index < -0.39 is 11.8 Å². The highest BCUT2D eigenvalue weighted by molar-refractivity contribution is 6.50. The average Bonchev–Trinajstić information content (AvgIpc) is 3.49. The van der Waals surface area contributed by atoms with Gasteiger partial charge in [0, 0.05) is 48.9 Å². The fourth-order valence-corrected chi connectivity index (χ4v) is 4.56. The molecule has 0 bridgehead atoms. The summed E-state index contributed by atoms with van der Waals surface area (Å²) >= 11 is 0. The van der Waals surface area contributed by atoms with Crippen LogP contribution in [0.4, 0.5) is 0 Å². The van der Waals surface area contributed by atoms with Gasteiger partial charge in [0.25, 0.3) is 11.8 Å². The van der Waals surface area contributed by atoms with Crippen molar-refractivity contribution in [3.8, 4) is 0 Å². The van der Waals surface area contributed by atoms with Crippen molar-refractivity contribution in [2.24, 2.45) is 0 Å². The molecule has 4 aromatic rings. The number of furan rings is 1. The topological polar surface area (TPSA) is 82.7 Å². The molecule has 33 heavy (non-hydrogen) atoms. The predicted octanol–water partition coefficient (Wildman–Crippen LogP) is 3.79. The van der Waals surface area contributed by atoms with Gasteiger partial charge in [-0.2, -0.15) is 0 Å². The first-order valence-electron chi connectivity index (χ1n) is 10.8. The fraction of sp³-hybridized carbons (Fsp3) is 0.231. The Kier molecular flexibility index (Phi) is 5.58. The van der Waals surface area contributed by atoms with E-state index in [0.717, 1.165) is 28.3 Å². The van der Waals surface area contributed by atoms with Gasteiger partial charge in [-0.05, 0) is 18.1 Å². The number of methoxy groups -OCH3 is 2. The third-order valence-electron chi connectivity index (χ3n) is 6.04. The van der Waals surface area contributed by atoms with E-state index in [4.69, 9.17) is 13.9 Å². The van der Waals surface area contributed by atoms with E-state index in [1.807, 2.05) is 42.6 Å². The molecule has 0 saturated heterocycles. The molecule has 0 spiro atoms. The Balaban J connectivity index is 1.77. The summed E-state index contributed by atoms with van der Waals surface area (Å²) < 4.78 is 18.4. The van der Waals surface area contributed by atoms with Crippen molar-refractivity contribution in [2.75, 3.05) is 27.4 Å². The van der Waals surface area contributed by atoms with E-state index in [1.54, 1.807) is 20.5 Å². The zero-order valence-electron chi connectivity index (χ0n) is 18.5. The molecule has 2 aromatic heterocycles. The molecule has 0 saturated carbocycles. The quantitative estimate of drug-likeness (QED) is 0.418.